The van der Waals surface area contributed by atoms with Crippen LogP contribution in [-0.2, 0) is 11.3 Å². The van der Waals surface area contributed by atoms with Gasteiger partial charge in [-0.3, -0.25) is 0 Å². The molecule has 0 spiro atoms. The largest absolute Gasteiger partial charge is 0.312 e. The third-order valence-electron chi connectivity index (χ3n) is 3.53. The third-order valence-corrected chi connectivity index (χ3v) is 4.77. The van der Waals surface area contributed by atoms with Crippen molar-refractivity contribution >= 4 is 17.8 Å². The van der Waals surface area contributed by atoms with Crippen LogP contribution in [0.1, 0.15) is 31.1 Å². The Morgan fingerprint density at radius 3 is 2.85 bits per heavy atom. The average molecular weight is 285 g/mol. The Morgan fingerprint density at radius 1 is 1.40 bits per heavy atom. The molecule has 0 radical (unpaired) electrons. The molecule has 0 saturated heterocycles. The van der Waals surface area contributed by atoms with Crippen LogP contribution in [0.4, 0.5) is 0 Å². The van der Waals surface area contributed by atoms with Crippen molar-refractivity contribution < 1.29 is 4.79 Å². The van der Waals surface area contributed by atoms with Crippen molar-refractivity contribution in [2.24, 2.45) is 4.99 Å². The lowest BCUT2D eigenvalue weighted by molar-refractivity contribution is 0.465. The minimum atomic E-state index is 0.0184. The molecule has 0 aliphatic carbocycles. The first-order valence-corrected chi connectivity index (χ1v) is 7.29. The van der Waals surface area contributed by atoms with Gasteiger partial charge in [0.15, 0.2) is 5.16 Å². The minimum absolute atomic E-state index is 0.0184. The fourth-order valence-corrected chi connectivity index (χ4v) is 4.00. The van der Waals surface area contributed by atoms with Gasteiger partial charge in [-0.1, -0.05) is 42.1 Å². The van der Waals surface area contributed by atoms with Gasteiger partial charge in [-0.05, 0) is 19.4 Å². The number of hydrogen-bond acceptors (Lipinski definition) is 4. The molecular formula is C15H15N3OS. The number of isocyanates is 1. The van der Waals surface area contributed by atoms with E-state index in [0.29, 0.717) is 6.54 Å². The number of rotatable bonds is 3. The molecule has 2 aromatic rings. The Kier molecular flexibility index (Phi) is 3.24. The molecule has 0 saturated carbocycles. The zero-order valence-corrected chi connectivity index (χ0v) is 12.2. The fourth-order valence-electron chi connectivity index (χ4n) is 2.75. The summed E-state index contributed by atoms with van der Waals surface area (Å²) in [7, 11) is 0. The maximum atomic E-state index is 10.4. The Labute approximate surface area is 121 Å². The molecule has 20 heavy (non-hydrogen) atoms. The highest BCUT2D eigenvalue weighted by molar-refractivity contribution is 8.00. The highest BCUT2D eigenvalue weighted by atomic mass is 32.2. The first-order valence-electron chi connectivity index (χ1n) is 6.47. The van der Waals surface area contributed by atoms with E-state index in [2.05, 4.69) is 40.5 Å². The van der Waals surface area contributed by atoms with Crippen LogP contribution in [0.3, 0.4) is 0 Å². The summed E-state index contributed by atoms with van der Waals surface area (Å²) in [5, 5.41) is 0.986. The molecule has 1 atom stereocenters. The number of aromatic nitrogens is 2. The van der Waals surface area contributed by atoms with Crippen LogP contribution < -0.4 is 0 Å². The average Bonchev–Trinajstić information content (AvgIpc) is 2.92. The quantitative estimate of drug-likeness (QED) is 0.642. The van der Waals surface area contributed by atoms with E-state index in [1.807, 2.05) is 18.2 Å². The van der Waals surface area contributed by atoms with E-state index in [9.17, 15) is 4.79 Å². The molecule has 1 aromatic carbocycles. The molecule has 2 heterocycles. The van der Waals surface area contributed by atoms with Crippen molar-refractivity contribution in [3.8, 4) is 0 Å². The topological polar surface area (TPSA) is 47.2 Å². The van der Waals surface area contributed by atoms with Crippen LogP contribution in [0, 0.1) is 0 Å². The van der Waals surface area contributed by atoms with Gasteiger partial charge in [-0.2, -0.15) is 4.99 Å². The summed E-state index contributed by atoms with van der Waals surface area (Å²) in [5.41, 5.74) is 2.20. The molecule has 4 nitrogen and oxygen atoms in total. The monoisotopic (exact) mass is 285 g/mol. The summed E-state index contributed by atoms with van der Waals surface area (Å²) in [4.78, 5) is 18.5. The first kappa shape index (κ1) is 13.2. The van der Waals surface area contributed by atoms with Crippen LogP contribution in [-0.4, -0.2) is 20.4 Å². The van der Waals surface area contributed by atoms with Gasteiger partial charge in [0.1, 0.15) is 0 Å². The highest BCUT2D eigenvalue weighted by Crippen LogP contribution is 2.51. The Morgan fingerprint density at radius 2 is 2.15 bits per heavy atom. The first-order chi connectivity index (χ1) is 9.63. The van der Waals surface area contributed by atoms with Gasteiger partial charge in [0.25, 0.3) is 0 Å². The summed E-state index contributed by atoms with van der Waals surface area (Å²) >= 11 is 1.76. The van der Waals surface area contributed by atoms with Gasteiger partial charge in [0.2, 0.25) is 6.08 Å². The fraction of sp³-hybridized carbons (Fsp3) is 0.333. The van der Waals surface area contributed by atoms with Crippen LogP contribution >= 0.6 is 11.8 Å². The van der Waals surface area contributed by atoms with E-state index in [0.717, 1.165) is 10.9 Å². The smallest absolute Gasteiger partial charge is 0.235 e. The number of imidazole rings is 1. The summed E-state index contributed by atoms with van der Waals surface area (Å²) in [6.07, 6.45) is 3.40. The van der Waals surface area contributed by atoms with Gasteiger partial charge >= 0.3 is 0 Å². The standard InChI is InChI=1S/C15H15N3OS/c1-15(2)13(11-6-4-3-5-7-11)18-12(8-16-10-19)9-17-14(18)20-15/h3-7,9,13H,8H2,1-2H3. The van der Waals surface area contributed by atoms with E-state index in [1.54, 1.807) is 24.0 Å². The van der Waals surface area contributed by atoms with Gasteiger partial charge in [0.05, 0.1) is 24.5 Å². The molecular weight excluding hydrogens is 270 g/mol. The molecule has 1 aromatic heterocycles. The van der Waals surface area contributed by atoms with Crippen molar-refractivity contribution in [3.63, 3.8) is 0 Å². The summed E-state index contributed by atoms with van der Waals surface area (Å²) in [6, 6.07) is 10.6. The SMILES string of the molecule is CC1(C)Sc2ncc(CN=C=O)n2C1c1ccccc1. The molecule has 0 bridgehead atoms. The second kappa shape index (κ2) is 4.93. The number of aliphatic imine (C=N–C) groups is 1. The molecule has 1 aliphatic heterocycles. The van der Waals surface area contributed by atoms with E-state index in [1.165, 1.54) is 5.56 Å². The number of benzene rings is 1. The minimum Gasteiger partial charge on any atom is -0.312 e. The van der Waals surface area contributed by atoms with Crippen molar-refractivity contribution in [1.29, 1.82) is 0 Å². The molecule has 1 aliphatic rings. The van der Waals surface area contributed by atoms with Crippen molar-refractivity contribution in [1.82, 2.24) is 9.55 Å². The Bertz CT molecular complexity index is 672. The van der Waals surface area contributed by atoms with Crippen LogP contribution in [0.15, 0.2) is 46.7 Å². The lowest BCUT2D eigenvalue weighted by Crippen LogP contribution is -2.26. The van der Waals surface area contributed by atoms with Crippen molar-refractivity contribution in [2.45, 2.75) is 36.3 Å². The maximum absolute atomic E-state index is 10.4. The van der Waals surface area contributed by atoms with E-state index >= 15 is 0 Å². The van der Waals surface area contributed by atoms with E-state index < -0.39 is 0 Å². The van der Waals surface area contributed by atoms with Gasteiger partial charge < -0.3 is 4.57 Å². The molecule has 102 valence electrons. The lowest BCUT2D eigenvalue weighted by atomic mass is 9.95. The summed E-state index contributed by atoms with van der Waals surface area (Å²) < 4.78 is 2.21. The van der Waals surface area contributed by atoms with Crippen molar-refractivity contribution in [3.05, 3.63) is 47.8 Å². The summed E-state index contributed by atoms with van der Waals surface area (Å²) in [6.45, 7) is 4.77. The van der Waals surface area contributed by atoms with Gasteiger partial charge in [-0.15, -0.1) is 0 Å². The molecule has 5 heteroatoms. The normalized spacial score (nSPS) is 19.4. The predicted octanol–water partition coefficient (Wildman–Crippen LogP) is 3.19. The van der Waals surface area contributed by atoms with Crippen LogP contribution in [0.25, 0.3) is 0 Å². The highest BCUT2D eigenvalue weighted by Gasteiger charge is 2.42. The van der Waals surface area contributed by atoms with Crippen LogP contribution in [0.2, 0.25) is 0 Å². The maximum Gasteiger partial charge on any atom is 0.235 e. The van der Waals surface area contributed by atoms with Crippen LogP contribution in [0.5, 0.6) is 0 Å². The zero-order chi connectivity index (χ0) is 14.2. The van der Waals surface area contributed by atoms with Gasteiger partial charge in [0, 0.05) is 4.75 Å². The number of thioether (sulfide) groups is 1. The van der Waals surface area contributed by atoms with Crippen molar-refractivity contribution in [2.75, 3.05) is 0 Å². The summed E-state index contributed by atoms with van der Waals surface area (Å²) in [5.74, 6) is 0. The Hall–Kier alpha value is -1.84. The third kappa shape index (κ3) is 2.09. The number of fused-ring (bicyclic) bond motifs is 1. The van der Waals surface area contributed by atoms with E-state index in [-0.39, 0.29) is 10.8 Å². The molecule has 0 amide bonds. The second-order valence-electron chi connectivity index (χ2n) is 5.33. The second-order valence-corrected chi connectivity index (χ2v) is 6.95. The lowest BCUT2D eigenvalue weighted by Gasteiger charge is -2.28. The molecule has 0 fully saturated rings. The number of hydrogen-bond donors (Lipinski definition) is 0. The molecule has 1 unspecified atom stereocenters. The zero-order valence-electron chi connectivity index (χ0n) is 11.4. The molecule has 3 rings (SSSR count). The van der Waals surface area contributed by atoms with Gasteiger partial charge in [-0.25, -0.2) is 9.78 Å². The Balaban J connectivity index is 2.10. The predicted molar refractivity (Wildman–Crippen MR) is 78.6 cm³/mol. The molecule has 0 N–H and O–H groups in total. The van der Waals surface area contributed by atoms with E-state index in [4.69, 9.17) is 0 Å². The number of nitrogens with zero attached hydrogens (tertiary/aromatic N) is 3. The number of carbonyl (C=O) groups excluding carboxylic acids is 1.